The summed E-state index contributed by atoms with van der Waals surface area (Å²) in [4.78, 5) is 0. The molecule has 0 bridgehead atoms. The molecule has 1 aliphatic rings. The van der Waals surface area contributed by atoms with Crippen molar-refractivity contribution < 1.29 is 10.0 Å². The first-order chi connectivity index (χ1) is 26.6. The topological polar surface area (TPSA) is 40.5 Å². The molecule has 2 N–H and O–H groups in total. The van der Waals surface area contributed by atoms with Crippen LogP contribution >= 0.6 is 0 Å². The quantitative estimate of drug-likeness (QED) is 0.107. The fourth-order valence-electron chi connectivity index (χ4n) is 9.64. The SMILES string of the molecule is OB(O)c1cc2c3c(ccc4cc(-c5c6ccccc6c(-c6ccc7ccccc7c6)c6ccccc56)cc(c43)C2(c2ccccc2)c2ccccc2)c1. The fraction of sp³-hybridized carbons (Fsp3) is 0.0196. The minimum atomic E-state index is -1.59. The van der Waals surface area contributed by atoms with Gasteiger partial charge in [-0.05, 0) is 122 Å². The normalized spacial score (nSPS) is 13.1. The summed E-state index contributed by atoms with van der Waals surface area (Å²) >= 11 is 0. The molecule has 0 aliphatic heterocycles. The summed E-state index contributed by atoms with van der Waals surface area (Å²) in [6.07, 6.45) is 0. The van der Waals surface area contributed by atoms with Gasteiger partial charge in [-0.15, -0.1) is 0 Å². The molecule has 0 radical (unpaired) electrons. The van der Waals surface area contributed by atoms with Crippen LogP contribution in [0.4, 0.5) is 0 Å². The number of rotatable bonds is 5. The Morgan fingerprint density at radius 2 is 0.796 bits per heavy atom. The summed E-state index contributed by atoms with van der Waals surface area (Å²) in [5, 5.41) is 33.0. The fourth-order valence-corrected chi connectivity index (χ4v) is 9.64. The lowest BCUT2D eigenvalue weighted by molar-refractivity contribution is 0.425. The largest absolute Gasteiger partial charge is 0.488 e. The molecule has 10 aromatic carbocycles. The average Bonchev–Trinajstić information content (AvgIpc) is 3.53. The van der Waals surface area contributed by atoms with Crippen LogP contribution in [0.15, 0.2) is 188 Å². The van der Waals surface area contributed by atoms with Crippen LogP contribution in [0.3, 0.4) is 0 Å². The van der Waals surface area contributed by atoms with Crippen molar-refractivity contribution in [2.45, 2.75) is 5.41 Å². The molecule has 10 aromatic rings. The highest BCUT2D eigenvalue weighted by molar-refractivity contribution is 6.59. The number of fused-ring (bicyclic) bond motifs is 3. The van der Waals surface area contributed by atoms with Crippen LogP contribution in [0.1, 0.15) is 22.3 Å². The lowest BCUT2D eigenvalue weighted by Crippen LogP contribution is -2.34. The van der Waals surface area contributed by atoms with Gasteiger partial charge < -0.3 is 10.0 Å². The van der Waals surface area contributed by atoms with E-state index in [0.717, 1.165) is 38.4 Å². The standard InChI is InChI=1S/C51H33BO2/c53-52(54)40-29-36-26-25-35-28-37(30-45-49(35)50(36)46(31-40)51(45,38-15-3-1-4-16-38)39-17-5-2-6-18-39)48-43-21-11-9-19-41(43)47(42-20-10-12-22-44(42)48)34-24-23-32-13-7-8-14-33(32)27-34/h1-31,53-54H. The summed E-state index contributed by atoms with van der Waals surface area (Å²) < 4.78 is 0. The summed E-state index contributed by atoms with van der Waals surface area (Å²) in [5.74, 6) is 0. The third-order valence-corrected chi connectivity index (χ3v) is 11.8. The van der Waals surface area contributed by atoms with E-state index in [4.69, 9.17) is 0 Å². The van der Waals surface area contributed by atoms with Crippen LogP contribution in [0.25, 0.3) is 76.1 Å². The summed E-state index contributed by atoms with van der Waals surface area (Å²) in [5.41, 5.74) is 9.13. The molecule has 0 fully saturated rings. The van der Waals surface area contributed by atoms with Gasteiger partial charge in [-0.1, -0.05) is 170 Å². The zero-order valence-electron chi connectivity index (χ0n) is 29.4. The Labute approximate surface area is 313 Å². The van der Waals surface area contributed by atoms with E-state index in [2.05, 4.69) is 176 Å². The maximum atomic E-state index is 10.6. The van der Waals surface area contributed by atoms with Gasteiger partial charge in [-0.2, -0.15) is 0 Å². The van der Waals surface area contributed by atoms with Crippen molar-refractivity contribution in [2.24, 2.45) is 0 Å². The first-order valence-corrected chi connectivity index (χ1v) is 18.6. The highest BCUT2D eigenvalue weighted by Gasteiger charge is 2.46. The highest BCUT2D eigenvalue weighted by Crippen LogP contribution is 2.57. The van der Waals surface area contributed by atoms with Gasteiger partial charge in [0, 0.05) is 0 Å². The Balaban J connectivity index is 1.28. The molecule has 0 saturated carbocycles. The third-order valence-electron chi connectivity index (χ3n) is 11.8. The molecule has 0 heterocycles. The molecule has 11 rings (SSSR count). The van der Waals surface area contributed by atoms with Crippen molar-refractivity contribution in [2.75, 3.05) is 0 Å². The van der Waals surface area contributed by atoms with Gasteiger partial charge in [0.1, 0.15) is 0 Å². The first kappa shape index (κ1) is 31.1. The van der Waals surface area contributed by atoms with Gasteiger partial charge in [0.15, 0.2) is 0 Å². The minimum absolute atomic E-state index is 0.488. The van der Waals surface area contributed by atoms with Crippen molar-refractivity contribution >= 4 is 66.4 Å². The van der Waals surface area contributed by atoms with Crippen LogP contribution in [0.2, 0.25) is 0 Å². The predicted octanol–water partition coefficient (Wildman–Crippen LogP) is 11.2. The molecule has 0 saturated heterocycles. The van der Waals surface area contributed by atoms with Gasteiger partial charge in [-0.25, -0.2) is 0 Å². The van der Waals surface area contributed by atoms with Crippen molar-refractivity contribution in [3.05, 3.63) is 210 Å². The van der Waals surface area contributed by atoms with Crippen LogP contribution in [0.5, 0.6) is 0 Å². The zero-order valence-corrected chi connectivity index (χ0v) is 29.4. The molecule has 0 aromatic heterocycles. The second-order valence-electron chi connectivity index (χ2n) is 14.6. The van der Waals surface area contributed by atoms with Crippen molar-refractivity contribution in [3.63, 3.8) is 0 Å². The summed E-state index contributed by atoms with van der Waals surface area (Å²) in [7, 11) is -1.59. The average molecular weight is 689 g/mol. The number of hydrogen-bond acceptors (Lipinski definition) is 2. The van der Waals surface area contributed by atoms with E-state index in [1.807, 2.05) is 12.1 Å². The van der Waals surface area contributed by atoms with E-state index in [9.17, 15) is 10.0 Å². The van der Waals surface area contributed by atoms with Gasteiger partial charge in [0.2, 0.25) is 0 Å². The van der Waals surface area contributed by atoms with E-state index >= 15 is 0 Å². The lowest BCUT2D eigenvalue weighted by Gasteiger charge is -2.35. The van der Waals surface area contributed by atoms with E-state index in [1.165, 1.54) is 60.0 Å². The highest BCUT2D eigenvalue weighted by atomic mass is 16.4. The second kappa shape index (κ2) is 11.7. The molecule has 1 aliphatic carbocycles. The molecule has 2 nitrogen and oxygen atoms in total. The molecule has 0 atom stereocenters. The second-order valence-corrected chi connectivity index (χ2v) is 14.6. The van der Waals surface area contributed by atoms with E-state index < -0.39 is 12.5 Å². The molecule has 0 amide bonds. The molecule has 0 spiro atoms. The lowest BCUT2D eigenvalue weighted by atomic mass is 9.65. The first-order valence-electron chi connectivity index (χ1n) is 18.6. The molecule has 3 heteroatoms. The smallest absolute Gasteiger partial charge is 0.423 e. The van der Waals surface area contributed by atoms with Gasteiger partial charge in [-0.3, -0.25) is 0 Å². The molecule has 0 unspecified atom stereocenters. The summed E-state index contributed by atoms with van der Waals surface area (Å²) in [6, 6.07) is 67.7. The van der Waals surface area contributed by atoms with Gasteiger partial charge >= 0.3 is 7.12 Å². The Morgan fingerprint density at radius 1 is 0.352 bits per heavy atom. The van der Waals surface area contributed by atoms with Crippen molar-refractivity contribution in [1.29, 1.82) is 0 Å². The van der Waals surface area contributed by atoms with E-state index in [0.29, 0.717) is 5.46 Å². The Hall–Kier alpha value is -6.52. The van der Waals surface area contributed by atoms with Crippen LogP contribution < -0.4 is 5.46 Å². The Morgan fingerprint density at radius 3 is 1.37 bits per heavy atom. The van der Waals surface area contributed by atoms with E-state index in [-0.39, 0.29) is 0 Å². The predicted molar refractivity (Wildman–Crippen MR) is 227 cm³/mol. The maximum Gasteiger partial charge on any atom is 0.488 e. The third kappa shape index (κ3) is 4.31. The molecule has 252 valence electrons. The monoisotopic (exact) mass is 688 g/mol. The van der Waals surface area contributed by atoms with Crippen LogP contribution in [-0.4, -0.2) is 17.2 Å². The Bertz CT molecular complexity index is 3040. The zero-order chi connectivity index (χ0) is 36.0. The van der Waals surface area contributed by atoms with Crippen LogP contribution in [0, 0.1) is 0 Å². The molecular formula is C51H33BO2. The van der Waals surface area contributed by atoms with E-state index in [1.54, 1.807) is 0 Å². The van der Waals surface area contributed by atoms with Crippen molar-refractivity contribution in [1.82, 2.24) is 0 Å². The number of benzene rings is 10. The van der Waals surface area contributed by atoms with Crippen molar-refractivity contribution in [3.8, 4) is 22.3 Å². The maximum absolute atomic E-state index is 10.6. The molecular weight excluding hydrogens is 655 g/mol. The summed E-state index contributed by atoms with van der Waals surface area (Å²) in [6.45, 7) is 0. The number of hydrogen-bond donors (Lipinski definition) is 2. The van der Waals surface area contributed by atoms with Crippen LogP contribution in [-0.2, 0) is 5.41 Å². The minimum Gasteiger partial charge on any atom is -0.423 e. The van der Waals surface area contributed by atoms with Gasteiger partial charge in [0.05, 0.1) is 5.41 Å². The Kier molecular flexibility index (Phi) is 6.75. The molecule has 54 heavy (non-hydrogen) atoms. The van der Waals surface area contributed by atoms with Gasteiger partial charge in [0.25, 0.3) is 0 Å².